The number of ether oxygens (including phenoxy) is 2. The molecule has 3 heteroatoms. The highest BCUT2D eigenvalue weighted by molar-refractivity contribution is 7.17. The summed E-state index contributed by atoms with van der Waals surface area (Å²) in [6, 6.07) is 12.5. The van der Waals surface area contributed by atoms with Crippen LogP contribution in [0.15, 0.2) is 41.8 Å². The van der Waals surface area contributed by atoms with E-state index in [0.29, 0.717) is 0 Å². The Morgan fingerprint density at radius 3 is 2.39 bits per heavy atom. The number of rotatable bonds is 2. The maximum atomic E-state index is 5.37. The second-order valence-corrected chi connectivity index (χ2v) is 4.94. The Labute approximate surface area is 109 Å². The van der Waals surface area contributed by atoms with Crippen molar-refractivity contribution in [3.05, 3.63) is 41.8 Å². The Morgan fingerprint density at radius 1 is 0.889 bits per heavy atom. The summed E-state index contributed by atoms with van der Waals surface area (Å²) in [7, 11) is 3.33. The molecule has 0 saturated carbocycles. The van der Waals surface area contributed by atoms with Gasteiger partial charge in [-0.25, -0.2) is 0 Å². The number of methoxy groups -OCH3 is 2. The van der Waals surface area contributed by atoms with Crippen molar-refractivity contribution in [3.63, 3.8) is 0 Å². The quantitative estimate of drug-likeness (QED) is 0.502. The third-order valence-electron chi connectivity index (χ3n) is 3.05. The van der Waals surface area contributed by atoms with Crippen molar-refractivity contribution >= 4 is 32.2 Å². The molecular formula is C15H13O2S+. The SMILES string of the molecule is COc1cc2[s+]cc3ccccc3c2cc1OC. The fourth-order valence-corrected chi connectivity index (χ4v) is 3.07. The molecule has 3 aromatic rings. The minimum absolute atomic E-state index is 0.772. The summed E-state index contributed by atoms with van der Waals surface area (Å²) in [4.78, 5) is 0. The first-order valence-electron chi connectivity index (χ1n) is 5.69. The summed E-state index contributed by atoms with van der Waals surface area (Å²) >= 11 is 1.72. The van der Waals surface area contributed by atoms with Gasteiger partial charge in [-0.15, -0.1) is 0 Å². The summed E-state index contributed by atoms with van der Waals surface area (Å²) < 4.78 is 11.9. The van der Waals surface area contributed by atoms with Gasteiger partial charge in [0.05, 0.1) is 25.7 Å². The predicted octanol–water partition coefficient (Wildman–Crippen LogP) is 4.35. The molecule has 0 amide bonds. The van der Waals surface area contributed by atoms with E-state index in [1.807, 2.05) is 12.1 Å². The molecule has 0 aliphatic carbocycles. The van der Waals surface area contributed by atoms with E-state index < -0.39 is 0 Å². The van der Waals surface area contributed by atoms with E-state index in [1.165, 1.54) is 20.9 Å². The average Bonchev–Trinajstić information content (AvgIpc) is 2.45. The van der Waals surface area contributed by atoms with Crippen molar-refractivity contribution in [2.45, 2.75) is 0 Å². The Morgan fingerprint density at radius 2 is 1.61 bits per heavy atom. The fourth-order valence-electron chi connectivity index (χ4n) is 2.14. The highest BCUT2D eigenvalue weighted by Crippen LogP contribution is 2.37. The molecule has 90 valence electrons. The van der Waals surface area contributed by atoms with Gasteiger partial charge in [-0.1, -0.05) is 18.2 Å². The molecule has 0 aliphatic rings. The predicted molar refractivity (Wildman–Crippen MR) is 76.8 cm³/mol. The second kappa shape index (κ2) is 4.42. The lowest BCUT2D eigenvalue weighted by atomic mass is 10.1. The zero-order valence-electron chi connectivity index (χ0n) is 10.3. The maximum Gasteiger partial charge on any atom is 0.242 e. The van der Waals surface area contributed by atoms with Gasteiger partial charge in [0, 0.05) is 5.39 Å². The summed E-state index contributed by atoms with van der Waals surface area (Å²) in [6.07, 6.45) is 0. The Bertz CT molecular complexity index is 722. The van der Waals surface area contributed by atoms with Gasteiger partial charge < -0.3 is 9.47 Å². The van der Waals surface area contributed by atoms with Crippen LogP contribution in [0.3, 0.4) is 0 Å². The van der Waals surface area contributed by atoms with Gasteiger partial charge in [-0.05, 0) is 17.5 Å². The van der Waals surface area contributed by atoms with Crippen molar-refractivity contribution in [1.82, 2.24) is 0 Å². The van der Waals surface area contributed by atoms with Crippen LogP contribution in [0.1, 0.15) is 0 Å². The topological polar surface area (TPSA) is 18.5 Å². The molecule has 3 rings (SSSR count). The van der Waals surface area contributed by atoms with Crippen LogP contribution in [0, 0.1) is 0 Å². The first-order valence-corrected chi connectivity index (χ1v) is 6.56. The lowest BCUT2D eigenvalue weighted by Gasteiger charge is -2.07. The summed E-state index contributed by atoms with van der Waals surface area (Å²) in [5.74, 6) is 1.55. The molecule has 18 heavy (non-hydrogen) atoms. The average molecular weight is 257 g/mol. The molecule has 0 unspecified atom stereocenters. The van der Waals surface area contributed by atoms with Gasteiger partial charge >= 0.3 is 0 Å². The van der Waals surface area contributed by atoms with Gasteiger partial charge in [0.15, 0.2) is 11.5 Å². The van der Waals surface area contributed by atoms with Gasteiger partial charge in [-0.2, -0.15) is 0 Å². The monoisotopic (exact) mass is 257 g/mol. The molecule has 2 aromatic carbocycles. The maximum absolute atomic E-state index is 5.37. The third kappa shape index (κ3) is 1.68. The van der Waals surface area contributed by atoms with Gasteiger partial charge in [0.25, 0.3) is 0 Å². The van der Waals surface area contributed by atoms with Crippen LogP contribution in [0.5, 0.6) is 11.5 Å². The molecule has 1 heterocycles. The Balaban J connectivity index is 2.43. The van der Waals surface area contributed by atoms with Crippen LogP contribution in [0.2, 0.25) is 0 Å². The molecular weight excluding hydrogens is 244 g/mol. The van der Waals surface area contributed by atoms with Gasteiger partial charge in [0.2, 0.25) is 21.4 Å². The van der Waals surface area contributed by atoms with E-state index in [1.54, 1.807) is 25.6 Å². The van der Waals surface area contributed by atoms with Gasteiger partial charge in [-0.3, -0.25) is 0 Å². The van der Waals surface area contributed by atoms with E-state index >= 15 is 0 Å². The highest BCUT2D eigenvalue weighted by Gasteiger charge is 2.14. The molecule has 0 aliphatic heterocycles. The van der Waals surface area contributed by atoms with E-state index in [4.69, 9.17) is 9.47 Å². The van der Waals surface area contributed by atoms with Crippen LogP contribution in [-0.2, 0) is 0 Å². The van der Waals surface area contributed by atoms with Crippen LogP contribution in [-0.4, -0.2) is 14.2 Å². The molecule has 0 fully saturated rings. The van der Waals surface area contributed by atoms with Crippen LogP contribution >= 0.6 is 11.3 Å². The summed E-state index contributed by atoms with van der Waals surface area (Å²) in [5, 5.41) is 5.87. The van der Waals surface area contributed by atoms with Crippen molar-refractivity contribution in [3.8, 4) is 11.5 Å². The van der Waals surface area contributed by atoms with Crippen LogP contribution < -0.4 is 9.47 Å². The third-order valence-corrected chi connectivity index (χ3v) is 4.01. The zero-order chi connectivity index (χ0) is 12.5. The van der Waals surface area contributed by atoms with Crippen molar-refractivity contribution in [2.24, 2.45) is 0 Å². The lowest BCUT2D eigenvalue weighted by Crippen LogP contribution is -1.90. The van der Waals surface area contributed by atoms with Crippen molar-refractivity contribution in [2.75, 3.05) is 14.2 Å². The van der Waals surface area contributed by atoms with Crippen molar-refractivity contribution in [1.29, 1.82) is 0 Å². The number of hydrogen-bond acceptors (Lipinski definition) is 2. The Hall–Kier alpha value is -1.87. The molecule has 2 nitrogen and oxygen atoms in total. The number of fused-ring (bicyclic) bond motifs is 3. The standard InChI is InChI=1S/C15H13O2S/c1-16-13-7-12-11-6-4-3-5-10(11)9-18-15(12)8-14(13)17-2/h3-9H,1-2H3/q+1. The normalized spacial score (nSPS) is 10.8. The second-order valence-electron chi connectivity index (χ2n) is 4.03. The number of benzene rings is 2. The molecule has 0 saturated heterocycles. The first kappa shape index (κ1) is 11.2. The molecule has 0 atom stereocenters. The molecule has 0 N–H and O–H groups in total. The van der Waals surface area contributed by atoms with Crippen LogP contribution in [0.25, 0.3) is 20.9 Å². The largest absolute Gasteiger partial charge is 0.493 e. The first-order chi connectivity index (χ1) is 8.83. The van der Waals surface area contributed by atoms with Gasteiger partial charge in [0.1, 0.15) is 0 Å². The summed E-state index contributed by atoms with van der Waals surface area (Å²) in [6.45, 7) is 0. The Kier molecular flexibility index (Phi) is 2.76. The van der Waals surface area contributed by atoms with E-state index in [9.17, 15) is 0 Å². The fraction of sp³-hybridized carbons (Fsp3) is 0.133. The van der Waals surface area contributed by atoms with Crippen LogP contribution in [0.4, 0.5) is 0 Å². The molecule has 0 bridgehead atoms. The summed E-state index contributed by atoms with van der Waals surface area (Å²) in [5.41, 5.74) is 0. The smallest absolute Gasteiger partial charge is 0.242 e. The molecule has 0 spiro atoms. The zero-order valence-corrected chi connectivity index (χ0v) is 11.1. The van der Waals surface area contributed by atoms with E-state index in [2.05, 4.69) is 29.6 Å². The minimum Gasteiger partial charge on any atom is -0.493 e. The van der Waals surface area contributed by atoms with Crippen molar-refractivity contribution < 1.29 is 9.47 Å². The molecule has 0 radical (unpaired) electrons. The lowest BCUT2D eigenvalue weighted by molar-refractivity contribution is 0.356. The number of hydrogen-bond donors (Lipinski definition) is 0. The van der Waals surface area contributed by atoms with E-state index in [-0.39, 0.29) is 0 Å². The minimum atomic E-state index is 0.772. The highest BCUT2D eigenvalue weighted by atomic mass is 32.1. The molecule has 1 aromatic heterocycles. The van der Waals surface area contributed by atoms with E-state index in [0.717, 1.165) is 11.5 Å².